The van der Waals surface area contributed by atoms with Gasteiger partial charge in [-0.3, -0.25) is 4.79 Å². The first-order valence-electron chi connectivity index (χ1n) is 11.2. The Balaban J connectivity index is 1.72. The zero-order valence-corrected chi connectivity index (χ0v) is 19.4. The van der Waals surface area contributed by atoms with E-state index in [2.05, 4.69) is 0 Å². The van der Waals surface area contributed by atoms with Crippen LogP contribution in [0.5, 0.6) is 11.5 Å². The van der Waals surface area contributed by atoms with E-state index in [-0.39, 0.29) is 18.6 Å². The van der Waals surface area contributed by atoms with E-state index in [1.165, 1.54) is 7.11 Å². The molecule has 0 aliphatic carbocycles. The Morgan fingerprint density at radius 1 is 1.15 bits per heavy atom. The first-order chi connectivity index (χ1) is 16.1. The van der Waals surface area contributed by atoms with Crippen LogP contribution in [0.15, 0.2) is 48.5 Å². The lowest BCUT2D eigenvalue weighted by Gasteiger charge is -2.28. The van der Waals surface area contributed by atoms with E-state index in [0.717, 1.165) is 29.8 Å². The normalized spacial score (nSPS) is 16.6. The molecule has 1 aromatic heterocycles. The van der Waals surface area contributed by atoms with Gasteiger partial charge in [-0.2, -0.15) is 5.10 Å². The quantitative estimate of drug-likeness (QED) is 0.605. The standard InChI is InChI=1S/C25H30N4O4/c1-18-25-26-24(20-9-5-4-6-10-20)27-29(25)14-15-33-22-16-19(11-12-21(22)32-3)8-7-13-28(18)23(30)17-31-2/h4-6,9-12,16,18H,7-8,13-15,17H2,1-3H3/t18-/m1/s1. The zero-order chi connectivity index (χ0) is 23.2. The van der Waals surface area contributed by atoms with Crippen LogP contribution in [0.1, 0.15) is 30.8 Å². The van der Waals surface area contributed by atoms with Crippen LogP contribution < -0.4 is 9.47 Å². The van der Waals surface area contributed by atoms with E-state index < -0.39 is 0 Å². The van der Waals surface area contributed by atoms with Crippen LogP contribution in [-0.4, -0.2) is 59.5 Å². The average Bonchev–Trinajstić information content (AvgIpc) is 3.26. The number of benzene rings is 2. The van der Waals surface area contributed by atoms with Crippen LogP contribution >= 0.6 is 0 Å². The predicted molar refractivity (Wildman–Crippen MR) is 124 cm³/mol. The molecule has 1 aliphatic rings. The van der Waals surface area contributed by atoms with Gasteiger partial charge in [0, 0.05) is 19.2 Å². The molecule has 0 fully saturated rings. The minimum absolute atomic E-state index is 0.0276. The second-order valence-corrected chi connectivity index (χ2v) is 8.02. The SMILES string of the molecule is COCC(=O)N1CCCc2ccc(OC)c(c2)OCCn2nc(-c3ccccc3)nc2[C@H]1C. The molecule has 8 nitrogen and oxygen atoms in total. The van der Waals surface area contributed by atoms with Gasteiger partial charge in [0.05, 0.1) is 19.7 Å². The van der Waals surface area contributed by atoms with E-state index in [1.54, 1.807) is 7.11 Å². The lowest BCUT2D eigenvalue weighted by Crippen LogP contribution is -2.38. The second kappa shape index (κ2) is 10.5. The van der Waals surface area contributed by atoms with E-state index >= 15 is 0 Å². The Hall–Kier alpha value is -3.39. The molecule has 33 heavy (non-hydrogen) atoms. The number of carbonyl (C=O) groups is 1. The molecular formula is C25H30N4O4. The van der Waals surface area contributed by atoms with Crippen molar-refractivity contribution in [2.45, 2.75) is 32.4 Å². The monoisotopic (exact) mass is 450 g/mol. The number of hydrogen-bond donors (Lipinski definition) is 0. The third kappa shape index (κ3) is 5.17. The van der Waals surface area contributed by atoms with Crippen molar-refractivity contribution in [1.82, 2.24) is 19.7 Å². The number of rotatable bonds is 4. The smallest absolute Gasteiger partial charge is 0.249 e. The predicted octanol–water partition coefficient (Wildman–Crippen LogP) is 3.51. The lowest BCUT2D eigenvalue weighted by molar-refractivity contribution is -0.137. The molecule has 1 amide bonds. The van der Waals surface area contributed by atoms with Gasteiger partial charge in [0.2, 0.25) is 5.91 Å². The Kier molecular flexibility index (Phi) is 7.24. The molecule has 0 saturated heterocycles. The molecule has 3 aromatic rings. The summed E-state index contributed by atoms with van der Waals surface area (Å²) in [5.41, 5.74) is 2.06. The largest absolute Gasteiger partial charge is 0.493 e. The highest BCUT2D eigenvalue weighted by Gasteiger charge is 2.27. The van der Waals surface area contributed by atoms with E-state index in [4.69, 9.17) is 24.3 Å². The van der Waals surface area contributed by atoms with Crippen molar-refractivity contribution >= 4 is 5.91 Å². The summed E-state index contributed by atoms with van der Waals surface area (Å²) in [4.78, 5) is 19.6. The molecule has 0 saturated carbocycles. The number of methoxy groups -OCH3 is 2. The van der Waals surface area contributed by atoms with Gasteiger partial charge in [-0.15, -0.1) is 0 Å². The highest BCUT2D eigenvalue weighted by molar-refractivity contribution is 5.77. The highest BCUT2D eigenvalue weighted by Crippen LogP contribution is 2.30. The Morgan fingerprint density at radius 3 is 2.73 bits per heavy atom. The molecule has 4 rings (SSSR count). The summed E-state index contributed by atoms with van der Waals surface area (Å²) in [5, 5.41) is 4.76. The third-order valence-electron chi connectivity index (χ3n) is 5.81. The first kappa shape index (κ1) is 22.8. The third-order valence-corrected chi connectivity index (χ3v) is 5.81. The maximum absolute atomic E-state index is 12.9. The molecule has 2 bridgehead atoms. The molecular weight excluding hydrogens is 420 g/mol. The van der Waals surface area contributed by atoms with Crippen molar-refractivity contribution < 1.29 is 19.0 Å². The summed E-state index contributed by atoms with van der Waals surface area (Å²) in [6.07, 6.45) is 1.61. The zero-order valence-electron chi connectivity index (χ0n) is 19.4. The summed E-state index contributed by atoms with van der Waals surface area (Å²) in [7, 11) is 3.17. The van der Waals surface area contributed by atoms with Gasteiger partial charge < -0.3 is 19.1 Å². The first-order valence-corrected chi connectivity index (χ1v) is 11.2. The average molecular weight is 451 g/mol. The van der Waals surface area contributed by atoms with Gasteiger partial charge in [0.15, 0.2) is 17.3 Å². The Morgan fingerprint density at radius 2 is 1.97 bits per heavy atom. The lowest BCUT2D eigenvalue weighted by atomic mass is 10.1. The molecule has 8 heteroatoms. The Labute approximate surface area is 194 Å². The van der Waals surface area contributed by atoms with Crippen LogP contribution in [0, 0.1) is 0 Å². The van der Waals surface area contributed by atoms with E-state index in [9.17, 15) is 4.79 Å². The van der Waals surface area contributed by atoms with Crippen molar-refractivity contribution in [2.75, 3.05) is 34.0 Å². The molecule has 1 atom stereocenters. The number of fused-ring (bicyclic) bond motifs is 3. The summed E-state index contributed by atoms with van der Waals surface area (Å²) >= 11 is 0. The van der Waals surface area contributed by atoms with E-state index in [1.807, 2.05) is 65.0 Å². The van der Waals surface area contributed by atoms with Crippen LogP contribution in [-0.2, 0) is 22.5 Å². The fourth-order valence-corrected chi connectivity index (χ4v) is 4.10. The minimum atomic E-state index is -0.268. The van der Waals surface area contributed by atoms with Gasteiger partial charge in [-0.25, -0.2) is 9.67 Å². The van der Waals surface area contributed by atoms with Gasteiger partial charge in [0.25, 0.3) is 0 Å². The molecule has 0 radical (unpaired) electrons. The molecule has 2 aromatic carbocycles. The topological polar surface area (TPSA) is 78.7 Å². The molecule has 0 unspecified atom stereocenters. The van der Waals surface area contributed by atoms with Crippen molar-refractivity contribution in [1.29, 1.82) is 0 Å². The summed E-state index contributed by atoms with van der Waals surface area (Å²) < 4.78 is 18.6. The number of hydrogen-bond acceptors (Lipinski definition) is 6. The summed E-state index contributed by atoms with van der Waals surface area (Å²) in [6, 6.07) is 15.5. The Bertz CT molecular complexity index is 1080. The fourth-order valence-electron chi connectivity index (χ4n) is 4.10. The molecule has 0 N–H and O–H groups in total. The van der Waals surface area contributed by atoms with Crippen LogP contribution in [0.25, 0.3) is 11.4 Å². The fraction of sp³-hybridized carbons (Fsp3) is 0.400. The van der Waals surface area contributed by atoms with Crippen molar-refractivity contribution in [3.63, 3.8) is 0 Å². The maximum atomic E-state index is 12.9. The van der Waals surface area contributed by atoms with Crippen LogP contribution in [0.4, 0.5) is 0 Å². The van der Waals surface area contributed by atoms with Gasteiger partial charge >= 0.3 is 0 Å². The number of amides is 1. The second-order valence-electron chi connectivity index (χ2n) is 8.02. The number of nitrogens with zero attached hydrogens (tertiary/aromatic N) is 4. The van der Waals surface area contributed by atoms with Crippen LogP contribution in [0.3, 0.4) is 0 Å². The van der Waals surface area contributed by atoms with Crippen LogP contribution in [0.2, 0.25) is 0 Å². The van der Waals surface area contributed by atoms with Crippen molar-refractivity contribution in [3.8, 4) is 22.9 Å². The van der Waals surface area contributed by atoms with Crippen molar-refractivity contribution in [3.05, 3.63) is 59.9 Å². The van der Waals surface area contributed by atoms with E-state index in [0.29, 0.717) is 37.0 Å². The molecule has 174 valence electrons. The summed E-state index contributed by atoms with van der Waals surface area (Å²) in [6.45, 7) is 3.48. The number of carbonyl (C=O) groups excluding carboxylic acids is 1. The number of aromatic nitrogens is 3. The van der Waals surface area contributed by atoms with Gasteiger partial charge in [-0.1, -0.05) is 36.4 Å². The summed E-state index contributed by atoms with van der Waals surface area (Å²) in [5.74, 6) is 2.69. The van der Waals surface area contributed by atoms with Gasteiger partial charge in [-0.05, 0) is 37.5 Å². The molecule has 2 heterocycles. The molecule has 0 spiro atoms. The number of ether oxygens (including phenoxy) is 3. The van der Waals surface area contributed by atoms with Gasteiger partial charge in [0.1, 0.15) is 19.0 Å². The maximum Gasteiger partial charge on any atom is 0.249 e. The minimum Gasteiger partial charge on any atom is -0.493 e. The highest BCUT2D eigenvalue weighted by atomic mass is 16.5. The number of aryl methyl sites for hydroxylation is 1. The van der Waals surface area contributed by atoms with Crippen molar-refractivity contribution in [2.24, 2.45) is 0 Å². The molecule has 1 aliphatic heterocycles.